The van der Waals surface area contributed by atoms with Crippen molar-refractivity contribution in [3.8, 4) is 0 Å². The van der Waals surface area contributed by atoms with Gasteiger partial charge in [-0.3, -0.25) is 13.9 Å². The molecule has 0 saturated carbocycles. The van der Waals surface area contributed by atoms with Crippen molar-refractivity contribution in [1.82, 2.24) is 10.2 Å². The van der Waals surface area contributed by atoms with Crippen molar-refractivity contribution in [1.29, 1.82) is 0 Å². The van der Waals surface area contributed by atoms with Gasteiger partial charge in [-0.1, -0.05) is 80.4 Å². The lowest BCUT2D eigenvalue weighted by molar-refractivity contribution is -0.139. The monoisotopic (exact) mass is 603 g/mol. The number of hydrogen-bond donors (Lipinski definition) is 1. The second-order valence-corrected chi connectivity index (χ2v) is 12.5. The average Bonchev–Trinajstić information content (AvgIpc) is 2.95. The van der Waals surface area contributed by atoms with Crippen LogP contribution in [0.25, 0.3) is 0 Å². The minimum Gasteiger partial charge on any atom is -0.354 e. The Hall–Kier alpha value is -3.07. The Morgan fingerprint density at radius 1 is 0.900 bits per heavy atom. The number of carbonyl (C=O) groups excluding carboxylic acids is 2. The smallest absolute Gasteiger partial charge is 0.264 e. The van der Waals surface area contributed by atoms with Gasteiger partial charge in [0.1, 0.15) is 12.6 Å². The highest BCUT2D eigenvalue weighted by Gasteiger charge is 2.32. The lowest BCUT2D eigenvalue weighted by Crippen LogP contribution is -2.51. The fourth-order valence-electron chi connectivity index (χ4n) is 4.09. The molecule has 0 spiro atoms. The third-order valence-electron chi connectivity index (χ3n) is 6.51. The minimum absolute atomic E-state index is 0.0297. The summed E-state index contributed by atoms with van der Waals surface area (Å²) in [5, 5.41) is 3.50. The van der Waals surface area contributed by atoms with Gasteiger partial charge in [0, 0.05) is 13.1 Å². The van der Waals surface area contributed by atoms with E-state index in [9.17, 15) is 18.0 Å². The molecule has 7 nitrogen and oxygen atoms in total. The van der Waals surface area contributed by atoms with Gasteiger partial charge in [0.25, 0.3) is 10.0 Å². The van der Waals surface area contributed by atoms with Crippen molar-refractivity contribution in [3.05, 3.63) is 94.0 Å². The molecular formula is C30H35Cl2N3O4S. The van der Waals surface area contributed by atoms with Crippen LogP contribution in [0.1, 0.15) is 51.2 Å². The number of amides is 2. The Balaban J connectivity index is 2.03. The number of sulfonamides is 1. The first kappa shape index (κ1) is 31.5. The highest BCUT2D eigenvalue weighted by Crippen LogP contribution is 2.27. The molecule has 0 aliphatic heterocycles. The molecule has 0 aromatic heterocycles. The van der Waals surface area contributed by atoms with Crippen LogP contribution in [0.4, 0.5) is 5.69 Å². The summed E-state index contributed by atoms with van der Waals surface area (Å²) >= 11 is 12.3. The zero-order valence-corrected chi connectivity index (χ0v) is 25.4. The van der Waals surface area contributed by atoms with Crippen LogP contribution in [-0.2, 0) is 26.2 Å². The maximum Gasteiger partial charge on any atom is 0.264 e. The highest BCUT2D eigenvalue weighted by molar-refractivity contribution is 7.92. The summed E-state index contributed by atoms with van der Waals surface area (Å²) in [5.74, 6) is -0.634. The molecule has 0 bridgehead atoms. The van der Waals surface area contributed by atoms with E-state index in [4.69, 9.17) is 23.2 Å². The van der Waals surface area contributed by atoms with Crippen molar-refractivity contribution >= 4 is 50.7 Å². The fourth-order valence-corrected chi connectivity index (χ4v) is 5.84. The highest BCUT2D eigenvalue weighted by atomic mass is 35.5. The lowest BCUT2D eigenvalue weighted by atomic mass is 10.0. The van der Waals surface area contributed by atoms with Gasteiger partial charge in [-0.15, -0.1) is 0 Å². The Kier molecular flexibility index (Phi) is 11.0. The Bertz CT molecular complexity index is 1410. The molecule has 3 aromatic carbocycles. The molecule has 1 atom stereocenters. The number of nitrogens with one attached hydrogen (secondary N) is 1. The molecule has 0 heterocycles. The van der Waals surface area contributed by atoms with Crippen LogP contribution in [0.5, 0.6) is 0 Å². The summed E-state index contributed by atoms with van der Waals surface area (Å²) in [4.78, 5) is 28.3. The molecule has 3 rings (SSSR count). The van der Waals surface area contributed by atoms with Crippen LogP contribution in [0.2, 0.25) is 10.0 Å². The van der Waals surface area contributed by atoms with E-state index in [1.165, 1.54) is 17.0 Å². The zero-order chi connectivity index (χ0) is 29.4. The number of hydrogen-bond acceptors (Lipinski definition) is 4. The van der Waals surface area contributed by atoms with E-state index in [0.717, 1.165) is 16.3 Å². The second kappa shape index (κ2) is 14.0. The number of rotatable bonds is 12. The largest absolute Gasteiger partial charge is 0.354 e. The molecule has 0 fully saturated rings. The minimum atomic E-state index is -4.11. The Morgan fingerprint density at radius 2 is 1.55 bits per heavy atom. The van der Waals surface area contributed by atoms with Crippen LogP contribution in [-0.4, -0.2) is 44.3 Å². The number of halogens is 2. The first-order valence-electron chi connectivity index (χ1n) is 13.1. The summed E-state index contributed by atoms with van der Waals surface area (Å²) in [7, 11) is -4.11. The molecule has 2 amide bonds. The summed E-state index contributed by atoms with van der Waals surface area (Å²) in [6, 6.07) is 19.2. The van der Waals surface area contributed by atoms with E-state index in [1.807, 2.05) is 32.9 Å². The third kappa shape index (κ3) is 7.77. The second-order valence-electron chi connectivity index (χ2n) is 9.81. The molecule has 214 valence electrons. The van der Waals surface area contributed by atoms with E-state index in [0.29, 0.717) is 27.8 Å². The van der Waals surface area contributed by atoms with Gasteiger partial charge < -0.3 is 10.2 Å². The Morgan fingerprint density at radius 3 is 2.12 bits per heavy atom. The van der Waals surface area contributed by atoms with E-state index in [1.54, 1.807) is 55.5 Å². The average molecular weight is 605 g/mol. The van der Waals surface area contributed by atoms with Crippen LogP contribution < -0.4 is 9.62 Å². The third-order valence-corrected chi connectivity index (χ3v) is 9.04. The van der Waals surface area contributed by atoms with Gasteiger partial charge in [0.2, 0.25) is 11.8 Å². The predicted molar refractivity (Wildman–Crippen MR) is 161 cm³/mol. The van der Waals surface area contributed by atoms with Gasteiger partial charge in [-0.25, -0.2) is 8.42 Å². The summed E-state index contributed by atoms with van der Waals surface area (Å²) in [5.41, 5.74) is 2.03. The standard InChI is InChI=1S/C30H35Cl2N3O4S/c1-5-17-33-30(37)22(4)34(19-23-11-16-27(31)28(32)18-23)29(36)20-35(25-14-12-24(13-15-25)21(2)3)40(38,39)26-9-7-6-8-10-26/h6-16,18,21-22H,5,17,19-20H2,1-4H3,(H,33,37)/t22-/m1/s1. The molecule has 10 heteroatoms. The molecule has 0 unspecified atom stereocenters. The summed E-state index contributed by atoms with van der Waals surface area (Å²) < 4.78 is 28.8. The van der Waals surface area contributed by atoms with Crippen LogP contribution in [0, 0.1) is 0 Å². The molecule has 0 radical (unpaired) electrons. The normalized spacial score (nSPS) is 12.2. The topological polar surface area (TPSA) is 86.8 Å². The van der Waals surface area contributed by atoms with E-state index in [2.05, 4.69) is 5.32 Å². The number of anilines is 1. The SMILES string of the molecule is CCCNC(=O)[C@@H](C)N(Cc1ccc(Cl)c(Cl)c1)C(=O)CN(c1ccc(C(C)C)cc1)S(=O)(=O)c1ccccc1. The molecule has 0 aliphatic carbocycles. The van der Waals surface area contributed by atoms with Crippen molar-refractivity contribution in [2.24, 2.45) is 0 Å². The maximum absolute atomic E-state index is 13.9. The summed E-state index contributed by atoms with van der Waals surface area (Å²) in [6.07, 6.45) is 0.731. The van der Waals surface area contributed by atoms with E-state index >= 15 is 0 Å². The number of nitrogens with zero attached hydrogens (tertiary/aromatic N) is 2. The maximum atomic E-state index is 13.9. The van der Waals surface area contributed by atoms with Gasteiger partial charge in [0.15, 0.2) is 0 Å². The van der Waals surface area contributed by atoms with Crippen LogP contribution >= 0.6 is 23.2 Å². The first-order chi connectivity index (χ1) is 18.9. The lowest BCUT2D eigenvalue weighted by Gasteiger charge is -2.32. The van der Waals surface area contributed by atoms with Crippen LogP contribution in [0.15, 0.2) is 77.7 Å². The molecule has 40 heavy (non-hydrogen) atoms. The zero-order valence-electron chi connectivity index (χ0n) is 23.1. The van der Waals surface area contributed by atoms with E-state index in [-0.39, 0.29) is 23.3 Å². The van der Waals surface area contributed by atoms with Crippen molar-refractivity contribution < 1.29 is 18.0 Å². The molecule has 0 aliphatic rings. The van der Waals surface area contributed by atoms with Crippen molar-refractivity contribution in [2.75, 3.05) is 17.4 Å². The number of carbonyl (C=O) groups is 2. The molecule has 3 aromatic rings. The van der Waals surface area contributed by atoms with Gasteiger partial charge in [0.05, 0.1) is 20.6 Å². The number of benzene rings is 3. The predicted octanol–water partition coefficient (Wildman–Crippen LogP) is 6.26. The first-order valence-corrected chi connectivity index (χ1v) is 15.3. The molecular weight excluding hydrogens is 569 g/mol. The molecule has 0 saturated heterocycles. The summed E-state index contributed by atoms with van der Waals surface area (Å²) in [6.45, 7) is 7.61. The van der Waals surface area contributed by atoms with Crippen LogP contribution in [0.3, 0.4) is 0 Å². The van der Waals surface area contributed by atoms with Crippen molar-refractivity contribution in [2.45, 2.75) is 57.5 Å². The van der Waals surface area contributed by atoms with Gasteiger partial charge in [-0.2, -0.15) is 0 Å². The quantitative estimate of drug-likeness (QED) is 0.265. The van der Waals surface area contributed by atoms with Crippen molar-refractivity contribution in [3.63, 3.8) is 0 Å². The van der Waals surface area contributed by atoms with Gasteiger partial charge in [-0.05, 0) is 66.8 Å². The van der Waals surface area contributed by atoms with Gasteiger partial charge >= 0.3 is 0 Å². The Labute approximate surface area is 247 Å². The van der Waals surface area contributed by atoms with E-state index < -0.39 is 28.5 Å². The molecule has 1 N–H and O–H groups in total. The fraction of sp³-hybridized carbons (Fsp3) is 0.333.